The van der Waals surface area contributed by atoms with E-state index in [4.69, 9.17) is 0 Å². The Labute approximate surface area is 198 Å². The molecule has 4 heterocycles. The lowest BCUT2D eigenvalue weighted by Crippen LogP contribution is -2.35. The maximum atomic E-state index is 13.2. The summed E-state index contributed by atoms with van der Waals surface area (Å²) in [7, 11) is 0. The molecule has 8 heteroatoms. The van der Waals surface area contributed by atoms with Crippen molar-refractivity contribution in [1.29, 1.82) is 0 Å². The first-order chi connectivity index (χ1) is 16.3. The predicted molar refractivity (Wildman–Crippen MR) is 134 cm³/mol. The molecule has 1 aliphatic rings. The van der Waals surface area contributed by atoms with Gasteiger partial charge in [-0.2, -0.15) is 0 Å². The summed E-state index contributed by atoms with van der Waals surface area (Å²) < 4.78 is 0. The minimum absolute atomic E-state index is 0.0762. The first kappa shape index (κ1) is 21.9. The highest BCUT2D eigenvalue weighted by Gasteiger charge is 2.36. The van der Waals surface area contributed by atoms with Crippen LogP contribution in [-0.4, -0.2) is 38.7 Å². The van der Waals surface area contributed by atoms with Crippen LogP contribution in [0.1, 0.15) is 42.3 Å². The van der Waals surface area contributed by atoms with Gasteiger partial charge < -0.3 is 25.6 Å². The van der Waals surface area contributed by atoms with Crippen LogP contribution in [0.3, 0.4) is 0 Å². The van der Waals surface area contributed by atoms with Crippen molar-refractivity contribution in [3.05, 3.63) is 77.7 Å². The highest BCUT2D eigenvalue weighted by molar-refractivity contribution is 6.07. The number of hydrogen-bond donors (Lipinski definition) is 4. The molecule has 0 radical (unpaired) electrons. The molecule has 0 spiro atoms. The number of H-pyrrole nitrogens is 1. The molecule has 8 nitrogen and oxygen atoms in total. The minimum atomic E-state index is -0.611. The molecule has 5 rings (SSSR count). The topological polar surface area (TPSA) is 106 Å². The largest absolute Gasteiger partial charge is 0.374 e. The Hall–Kier alpha value is -3.91. The maximum absolute atomic E-state index is 13.2. The molecule has 0 bridgehead atoms. The van der Waals surface area contributed by atoms with Gasteiger partial charge in [-0.05, 0) is 54.4 Å². The van der Waals surface area contributed by atoms with Crippen molar-refractivity contribution in [2.75, 3.05) is 22.1 Å². The van der Waals surface area contributed by atoms with E-state index in [0.717, 1.165) is 34.4 Å². The molecule has 1 amide bonds. The second kappa shape index (κ2) is 8.46. The number of carbonyl (C=O) groups is 1. The van der Waals surface area contributed by atoms with E-state index in [9.17, 15) is 9.90 Å². The summed E-state index contributed by atoms with van der Waals surface area (Å²) in [5.41, 5.74) is 5.01. The van der Waals surface area contributed by atoms with Crippen LogP contribution in [0.15, 0.2) is 61.1 Å². The van der Waals surface area contributed by atoms with Crippen LogP contribution in [0.2, 0.25) is 0 Å². The first-order valence-electron chi connectivity index (χ1n) is 11.3. The highest BCUT2D eigenvalue weighted by atomic mass is 16.3. The SMILES string of the molecule is C[C@@H](O)N1CC(C)(C)c2ccc(NC(=O)c3cccnc3NCc3c[nH]c4ncccc34)cc21. The van der Waals surface area contributed by atoms with Gasteiger partial charge in [-0.15, -0.1) is 0 Å². The Morgan fingerprint density at radius 1 is 1.21 bits per heavy atom. The quantitative estimate of drug-likeness (QED) is 0.346. The number of anilines is 3. The van der Waals surface area contributed by atoms with Crippen LogP contribution < -0.4 is 15.5 Å². The van der Waals surface area contributed by atoms with Gasteiger partial charge in [-0.25, -0.2) is 9.97 Å². The van der Waals surface area contributed by atoms with E-state index in [1.165, 1.54) is 0 Å². The fraction of sp³-hybridized carbons (Fsp3) is 0.269. The van der Waals surface area contributed by atoms with E-state index < -0.39 is 6.23 Å². The molecular formula is C26H28N6O2. The van der Waals surface area contributed by atoms with E-state index in [-0.39, 0.29) is 11.3 Å². The molecule has 174 valence electrons. The van der Waals surface area contributed by atoms with Gasteiger partial charge in [0.05, 0.1) is 5.56 Å². The Balaban J connectivity index is 1.36. The monoisotopic (exact) mass is 456 g/mol. The third-order valence-corrected chi connectivity index (χ3v) is 6.35. The Kier molecular flexibility index (Phi) is 5.45. The van der Waals surface area contributed by atoms with Crippen molar-refractivity contribution in [3.63, 3.8) is 0 Å². The van der Waals surface area contributed by atoms with E-state index in [1.807, 2.05) is 41.4 Å². The number of nitrogens with zero attached hydrogens (tertiary/aromatic N) is 3. The lowest BCUT2D eigenvalue weighted by Gasteiger charge is -2.25. The first-order valence-corrected chi connectivity index (χ1v) is 11.3. The highest BCUT2D eigenvalue weighted by Crippen LogP contribution is 2.42. The van der Waals surface area contributed by atoms with Gasteiger partial charge in [0.2, 0.25) is 0 Å². The molecule has 1 aromatic carbocycles. The van der Waals surface area contributed by atoms with E-state index >= 15 is 0 Å². The Bertz CT molecular complexity index is 1360. The lowest BCUT2D eigenvalue weighted by molar-refractivity contribution is 0.102. The molecule has 0 saturated carbocycles. The van der Waals surface area contributed by atoms with E-state index in [1.54, 1.807) is 31.5 Å². The summed E-state index contributed by atoms with van der Waals surface area (Å²) in [6, 6.07) is 13.3. The van der Waals surface area contributed by atoms with Gasteiger partial charge in [0, 0.05) is 53.9 Å². The minimum Gasteiger partial charge on any atom is -0.374 e. The number of aromatic nitrogens is 3. The van der Waals surface area contributed by atoms with Gasteiger partial charge in [-0.3, -0.25) is 4.79 Å². The summed E-state index contributed by atoms with van der Waals surface area (Å²) in [5, 5.41) is 17.5. The van der Waals surface area contributed by atoms with Crippen molar-refractivity contribution in [2.45, 2.75) is 39.0 Å². The zero-order valence-corrected chi connectivity index (χ0v) is 19.5. The fourth-order valence-corrected chi connectivity index (χ4v) is 4.61. The Morgan fingerprint density at radius 3 is 2.82 bits per heavy atom. The van der Waals surface area contributed by atoms with Crippen LogP contribution in [-0.2, 0) is 12.0 Å². The zero-order chi connectivity index (χ0) is 23.9. The second-order valence-electron chi connectivity index (χ2n) is 9.30. The van der Waals surface area contributed by atoms with Gasteiger partial charge in [0.15, 0.2) is 0 Å². The summed E-state index contributed by atoms with van der Waals surface area (Å²) in [6.07, 6.45) is 4.71. The number of rotatable bonds is 6. The molecule has 1 atom stereocenters. The van der Waals surface area contributed by atoms with Crippen LogP contribution in [0.4, 0.5) is 17.2 Å². The van der Waals surface area contributed by atoms with Gasteiger partial charge >= 0.3 is 0 Å². The molecule has 0 fully saturated rings. The van der Waals surface area contributed by atoms with Crippen LogP contribution >= 0.6 is 0 Å². The number of hydrogen-bond acceptors (Lipinski definition) is 6. The normalized spacial score (nSPS) is 15.2. The maximum Gasteiger partial charge on any atom is 0.259 e. The molecule has 4 N–H and O–H groups in total. The van der Waals surface area contributed by atoms with E-state index in [2.05, 4.69) is 39.4 Å². The molecule has 0 unspecified atom stereocenters. The fourth-order valence-electron chi connectivity index (χ4n) is 4.61. The average Bonchev–Trinajstić information content (AvgIpc) is 3.36. The number of nitrogens with one attached hydrogen (secondary N) is 3. The van der Waals surface area contributed by atoms with Gasteiger partial charge in [0.25, 0.3) is 5.91 Å². The van der Waals surface area contributed by atoms with Crippen LogP contribution in [0.5, 0.6) is 0 Å². The molecule has 3 aromatic heterocycles. The number of aromatic amines is 1. The third-order valence-electron chi connectivity index (χ3n) is 6.35. The molecule has 0 saturated heterocycles. The molecule has 34 heavy (non-hydrogen) atoms. The predicted octanol–water partition coefficient (Wildman–Crippen LogP) is 4.26. The number of pyridine rings is 2. The number of benzene rings is 1. The number of fused-ring (bicyclic) bond motifs is 2. The molecule has 1 aliphatic heterocycles. The van der Waals surface area contributed by atoms with Crippen molar-refractivity contribution < 1.29 is 9.90 Å². The van der Waals surface area contributed by atoms with Crippen molar-refractivity contribution in [1.82, 2.24) is 15.0 Å². The smallest absolute Gasteiger partial charge is 0.259 e. The van der Waals surface area contributed by atoms with Gasteiger partial charge in [0.1, 0.15) is 17.7 Å². The van der Waals surface area contributed by atoms with Crippen molar-refractivity contribution in [3.8, 4) is 0 Å². The summed E-state index contributed by atoms with van der Waals surface area (Å²) in [6.45, 7) is 7.29. The number of amides is 1. The third kappa shape index (κ3) is 3.97. The van der Waals surface area contributed by atoms with Crippen molar-refractivity contribution >= 4 is 34.1 Å². The molecular weight excluding hydrogens is 428 g/mol. The summed E-state index contributed by atoms with van der Waals surface area (Å²) in [5.74, 6) is 0.253. The summed E-state index contributed by atoms with van der Waals surface area (Å²) >= 11 is 0. The second-order valence-corrected chi connectivity index (χ2v) is 9.30. The Morgan fingerprint density at radius 2 is 2.00 bits per heavy atom. The zero-order valence-electron chi connectivity index (χ0n) is 19.5. The summed E-state index contributed by atoms with van der Waals surface area (Å²) in [4.78, 5) is 27.0. The average molecular weight is 457 g/mol. The van der Waals surface area contributed by atoms with Crippen molar-refractivity contribution in [2.24, 2.45) is 0 Å². The molecule has 0 aliphatic carbocycles. The number of carbonyl (C=O) groups excluding carboxylic acids is 1. The number of aliphatic hydroxyl groups is 1. The van der Waals surface area contributed by atoms with Crippen LogP contribution in [0.25, 0.3) is 11.0 Å². The number of aliphatic hydroxyl groups excluding tert-OH is 1. The van der Waals surface area contributed by atoms with Crippen LogP contribution in [0, 0.1) is 0 Å². The van der Waals surface area contributed by atoms with E-state index in [0.29, 0.717) is 23.6 Å². The van der Waals surface area contributed by atoms with Gasteiger partial charge in [-0.1, -0.05) is 19.9 Å². The standard InChI is InChI=1S/C26H28N6O2/c1-16(33)32-15-26(2,3)21-9-8-18(12-22(21)32)31-25(34)20-7-5-11-28-24(20)30-14-17-13-29-23-19(17)6-4-10-27-23/h4-13,16,33H,14-15H2,1-3H3,(H,27,29)(H,28,30)(H,31,34)/t16-/m1/s1. The lowest BCUT2D eigenvalue weighted by atomic mass is 9.87. The molecule has 4 aromatic rings.